The minimum Gasteiger partial charge on any atom is -0.338 e. The van der Waals surface area contributed by atoms with Gasteiger partial charge in [0.15, 0.2) is 0 Å². The fraction of sp³-hybridized carbons (Fsp3) is 0.438. The van der Waals surface area contributed by atoms with Gasteiger partial charge in [0.25, 0.3) is 5.91 Å². The Balaban J connectivity index is 1.74. The Kier molecular flexibility index (Phi) is 4.12. The fourth-order valence-corrected chi connectivity index (χ4v) is 3.75. The lowest BCUT2D eigenvalue weighted by atomic mass is 10.0. The van der Waals surface area contributed by atoms with Crippen LogP contribution in [0.2, 0.25) is 0 Å². The van der Waals surface area contributed by atoms with Crippen molar-refractivity contribution in [3.8, 4) is 5.69 Å². The van der Waals surface area contributed by atoms with Crippen molar-refractivity contribution < 1.29 is 4.79 Å². The lowest BCUT2D eigenvalue weighted by molar-refractivity contribution is 0.0668. The van der Waals surface area contributed by atoms with E-state index in [9.17, 15) is 4.79 Å². The zero-order valence-electron chi connectivity index (χ0n) is 12.5. The van der Waals surface area contributed by atoms with Crippen LogP contribution in [0.4, 0.5) is 0 Å². The van der Waals surface area contributed by atoms with Crippen LogP contribution in [0.1, 0.15) is 22.5 Å². The third-order valence-corrected chi connectivity index (χ3v) is 5.09. The largest absolute Gasteiger partial charge is 0.338 e. The van der Waals surface area contributed by atoms with Crippen LogP contribution in [0.5, 0.6) is 0 Å². The fourth-order valence-electron chi connectivity index (χ4n) is 2.89. The Hall–Kier alpha value is -1.59. The molecule has 2 aromatic rings. The quantitative estimate of drug-likeness (QED) is 0.872. The van der Waals surface area contributed by atoms with Crippen molar-refractivity contribution >= 4 is 17.2 Å². The van der Waals surface area contributed by atoms with Gasteiger partial charge >= 0.3 is 0 Å². The van der Waals surface area contributed by atoms with Gasteiger partial charge in [-0.15, -0.1) is 11.3 Å². The summed E-state index contributed by atoms with van der Waals surface area (Å²) in [5, 5.41) is 2.00. The molecule has 0 aliphatic carbocycles. The summed E-state index contributed by atoms with van der Waals surface area (Å²) in [6, 6.07) is 6.58. The molecule has 0 saturated carbocycles. The molecule has 1 aliphatic heterocycles. The molecule has 0 aromatic carbocycles. The van der Waals surface area contributed by atoms with Crippen molar-refractivity contribution in [1.82, 2.24) is 14.4 Å². The predicted octanol–water partition coefficient (Wildman–Crippen LogP) is 2.71. The maximum absolute atomic E-state index is 12.8. The average molecular weight is 303 g/mol. The van der Waals surface area contributed by atoms with E-state index in [4.69, 9.17) is 0 Å². The minimum absolute atomic E-state index is 0.172. The number of piperidine rings is 1. The molecule has 1 amide bonds. The molecule has 0 atom stereocenters. The van der Waals surface area contributed by atoms with Crippen LogP contribution in [0.15, 0.2) is 36.0 Å². The molecule has 1 saturated heterocycles. The Morgan fingerprint density at radius 1 is 1.24 bits per heavy atom. The average Bonchev–Trinajstić information content (AvgIpc) is 3.17. The molecule has 0 bridgehead atoms. The summed E-state index contributed by atoms with van der Waals surface area (Å²) < 4.78 is 2.01. The second-order valence-electron chi connectivity index (χ2n) is 5.71. The molecule has 3 rings (SSSR count). The number of thiophene rings is 1. The second kappa shape index (κ2) is 6.03. The number of rotatable bonds is 3. The zero-order chi connectivity index (χ0) is 14.8. The van der Waals surface area contributed by atoms with Gasteiger partial charge in [0.05, 0.1) is 5.69 Å². The van der Waals surface area contributed by atoms with Crippen molar-refractivity contribution in [3.05, 3.63) is 40.8 Å². The second-order valence-corrected chi connectivity index (χ2v) is 6.63. The maximum atomic E-state index is 12.8. The standard InChI is InChI=1S/C16H21N3OS/c1-17(2)13-5-10-19(11-6-13)16(20)15-14(7-12-21-15)18-8-3-4-9-18/h3-4,7-9,12-13H,5-6,10-11H2,1-2H3. The number of aromatic nitrogens is 1. The highest BCUT2D eigenvalue weighted by Gasteiger charge is 2.26. The van der Waals surface area contributed by atoms with E-state index in [-0.39, 0.29) is 5.91 Å². The first-order valence-corrected chi connectivity index (χ1v) is 8.21. The van der Waals surface area contributed by atoms with Gasteiger partial charge < -0.3 is 14.4 Å². The van der Waals surface area contributed by atoms with Crippen LogP contribution in [-0.2, 0) is 0 Å². The van der Waals surface area contributed by atoms with Gasteiger partial charge in [-0.2, -0.15) is 0 Å². The van der Waals surface area contributed by atoms with Gasteiger partial charge in [0.1, 0.15) is 4.88 Å². The molecule has 0 radical (unpaired) electrons. The first kappa shape index (κ1) is 14.4. The lowest BCUT2D eigenvalue weighted by Crippen LogP contribution is -2.44. The van der Waals surface area contributed by atoms with Crippen molar-refractivity contribution in [3.63, 3.8) is 0 Å². The molecule has 5 heteroatoms. The summed E-state index contributed by atoms with van der Waals surface area (Å²) in [4.78, 5) is 17.9. The summed E-state index contributed by atoms with van der Waals surface area (Å²) in [6.45, 7) is 1.70. The first-order valence-electron chi connectivity index (χ1n) is 7.33. The lowest BCUT2D eigenvalue weighted by Gasteiger charge is -2.35. The van der Waals surface area contributed by atoms with Crippen molar-refractivity contribution in [2.24, 2.45) is 0 Å². The molecule has 3 heterocycles. The number of carbonyl (C=O) groups excluding carboxylic acids is 1. The van der Waals surface area contributed by atoms with Crippen LogP contribution < -0.4 is 0 Å². The maximum Gasteiger partial charge on any atom is 0.266 e. The summed E-state index contributed by atoms with van der Waals surface area (Å²) in [7, 11) is 4.23. The molecule has 0 unspecified atom stereocenters. The molecule has 0 spiro atoms. The smallest absolute Gasteiger partial charge is 0.266 e. The molecule has 0 N–H and O–H groups in total. The predicted molar refractivity (Wildman–Crippen MR) is 86.3 cm³/mol. The number of nitrogens with zero attached hydrogens (tertiary/aromatic N) is 3. The normalized spacial score (nSPS) is 16.6. The van der Waals surface area contributed by atoms with E-state index in [0.29, 0.717) is 6.04 Å². The molecule has 1 aliphatic rings. The Morgan fingerprint density at radius 2 is 1.90 bits per heavy atom. The molecule has 112 valence electrons. The van der Waals surface area contributed by atoms with Gasteiger partial charge in [-0.05, 0) is 50.5 Å². The first-order chi connectivity index (χ1) is 10.2. The third-order valence-electron chi connectivity index (χ3n) is 4.20. The van der Waals surface area contributed by atoms with Crippen LogP contribution >= 0.6 is 11.3 Å². The number of hydrogen-bond donors (Lipinski definition) is 0. The van der Waals surface area contributed by atoms with Gasteiger partial charge in [-0.25, -0.2) is 0 Å². The van der Waals surface area contributed by atoms with E-state index in [2.05, 4.69) is 19.0 Å². The highest BCUT2D eigenvalue weighted by Crippen LogP contribution is 2.25. The highest BCUT2D eigenvalue weighted by molar-refractivity contribution is 7.12. The Morgan fingerprint density at radius 3 is 2.52 bits per heavy atom. The van der Waals surface area contributed by atoms with Crippen LogP contribution in [0.3, 0.4) is 0 Å². The van der Waals surface area contributed by atoms with Gasteiger partial charge in [-0.3, -0.25) is 4.79 Å². The molecule has 4 nitrogen and oxygen atoms in total. The van der Waals surface area contributed by atoms with Crippen molar-refractivity contribution in [2.75, 3.05) is 27.2 Å². The van der Waals surface area contributed by atoms with E-state index in [0.717, 1.165) is 36.5 Å². The molecule has 21 heavy (non-hydrogen) atoms. The van der Waals surface area contributed by atoms with Gasteiger partial charge in [0, 0.05) is 31.5 Å². The highest BCUT2D eigenvalue weighted by atomic mass is 32.1. The van der Waals surface area contributed by atoms with Crippen LogP contribution in [0, 0.1) is 0 Å². The SMILES string of the molecule is CN(C)C1CCN(C(=O)c2sccc2-n2cccc2)CC1. The molecular formula is C16H21N3OS. The van der Waals surface area contributed by atoms with E-state index in [1.165, 1.54) is 11.3 Å². The third kappa shape index (κ3) is 2.89. The topological polar surface area (TPSA) is 28.5 Å². The number of likely N-dealkylation sites (tertiary alicyclic amines) is 1. The number of amides is 1. The minimum atomic E-state index is 0.172. The summed E-state index contributed by atoms with van der Waals surface area (Å²) in [5.74, 6) is 0.172. The summed E-state index contributed by atoms with van der Waals surface area (Å²) in [5.41, 5.74) is 0.990. The molecule has 1 fully saturated rings. The van der Waals surface area contributed by atoms with E-state index in [1.54, 1.807) is 0 Å². The van der Waals surface area contributed by atoms with E-state index in [1.807, 2.05) is 45.4 Å². The van der Waals surface area contributed by atoms with E-state index < -0.39 is 0 Å². The van der Waals surface area contributed by atoms with Crippen molar-refractivity contribution in [1.29, 1.82) is 0 Å². The summed E-state index contributed by atoms with van der Waals surface area (Å²) in [6.07, 6.45) is 6.08. The van der Waals surface area contributed by atoms with Crippen LogP contribution in [0.25, 0.3) is 5.69 Å². The van der Waals surface area contributed by atoms with E-state index >= 15 is 0 Å². The Bertz CT molecular complexity index is 595. The molecular weight excluding hydrogens is 282 g/mol. The van der Waals surface area contributed by atoms with Gasteiger partial charge in [-0.1, -0.05) is 0 Å². The Labute approximate surface area is 129 Å². The monoisotopic (exact) mass is 303 g/mol. The summed E-state index contributed by atoms with van der Waals surface area (Å²) >= 11 is 1.53. The van der Waals surface area contributed by atoms with Gasteiger partial charge in [0.2, 0.25) is 0 Å². The number of carbonyl (C=O) groups is 1. The van der Waals surface area contributed by atoms with Crippen LogP contribution in [-0.4, -0.2) is 53.5 Å². The van der Waals surface area contributed by atoms with Crippen molar-refractivity contribution in [2.45, 2.75) is 18.9 Å². The number of hydrogen-bond acceptors (Lipinski definition) is 3. The molecule has 2 aromatic heterocycles. The zero-order valence-corrected chi connectivity index (χ0v) is 13.3.